The van der Waals surface area contributed by atoms with Gasteiger partial charge in [-0.25, -0.2) is 0 Å². The van der Waals surface area contributed by atoms with Crippen LogP contribution in [0.3, 0.4) is 0 Å². The van der Waals surface area contributed by atoms with Crippen molar-refractivity contribution in [2.75, 3.05) is 7.05 Å². The summed E-state index contributed by atoms with van der Waals surface area (Å²) in [6.45, 7) is 0. The molecule has 5 atom stereocenters. The molecule has 0 radical (unpaired) electrons. The van der Waals surface area contributed by atoms with E-state index in [-0.39, 0.29) is 30.6 Å². The number of benzene rings is 1. The van der Waals surface area contributed by atoms with Gasteiger partial charge < -0.3 is 14.9 Å². The van der Waals surface area contributed by atoms with E-state index in [9.17, 15) is 15.0 Å². The Morgan fingerprint density at radius 3 is 2.33 bits per heavy atom. The van der Waals surface area contributed by atoms with Gasteiger partial charge in [-0.15, -0.1) is 0 Å². The highest BCUT2D eigenvalue weighted by atomic mass is 16.5. The lowest BCUT2D eigenvalue weighted by molar-refractivity contribution is -0.152. The van der Waals surface area contributed by atoms with Crippen LogP contribution in [0, 0.1) is 0 Å². The van der Waals surface area contributed by atoms with Crippen LogP contribution in [-0.2, 0) is 16.0 Å². The van der Waals surface area contributed by atoms with Gasteiger partial charge in [-0.3, -0.25) is 9.69 Å². The van der Waals surface area contributed by atoms with Crippen LogP contribution >= 0.6 is 0 Å². The number of carbonyl (C=O) groups is 1. The van der Waals surface area contributed by atoms with E-state index >= 15 is 0 Å². The highest BCUT2D eigenvalue weighted by Crippen LogP contribution is 2.36. The van der Waals surface area contributed by atoms with Crippen molar-refractivity contribution in [1.29, 1.82) is 0 Å². The van der Waals surface area contributed by atoms with Gasteiger partial charge in [0.15, 0.2) is 0 Å². The number of piperidine rings is 1. The molecule has 0 unspecified atom stereocenters. The standard InChI is InChI=1S/C16H21NO4/c1-17-12-8-11(9-13(17)16(20)15(12)19)21-14(18)7-10-5-3-2-4-6-10/h2-6,11-13,15-16,19-20H,7-9H2,1H3/t11-,12-,13+,15-,16+. The molecule has 0 aromatic heterocycles. The molecule has 5 heteroatoms. The lowest BCUT2D eigenvalue weighted by Gasteiger charge is -2.35. The van der Waals surface area contributed by atoms with Crippen LogP contribution in [0.5, 0.6) is 0 Å². The third-order valence-corrected chi connectivity index (χ3v) is 4.68. The summed E-state index contributed by atoms with van der Waals surface area (Å²) in [5.41, 5.74) is 0.929. The Hall–Kier alpha value is -1.43. The smallest absolute Gasteiger partial charge is 0.310 e. The van der Waals surface area contributed by atoms with Crippen molar-refractivity contribution in [3.63, 3.8) is 0 Å². The molecule has 21 heavy (non-hydrogen) atoms. The first-order chi connectivity index (χ1) is 10.1. The van der Waals surface area contributed by atoms with Crippen LogP contribution in [-0.4, -0.2) is 58.5 Å². The topological polar surface area (TPSA) is 70.0 Å². The molecule has 0 amide bonds. The fourth-order valence-corrected chi connectivity index (χ4v) is 3.52. The average Bonchev–Trinajstić information content (AvgIpc) is 2.60. The van der Waals surface area contributed by atoms with Crippen LogP contribution in [0.1, 0.15) is 18.4 Å². The van der Waals surface area contributed by atoms with Crippen molar-refractivity contribution in [1.82, 2.24) is 4.90 Å². The number of ether oxygens (including phenoxy) is 1. The molecule has 2 heterocycles. The fourth-order valence-electron chi connectivity index (χ4n) is 3.52. The molecular formula is C16H21NO4. The second-order valence-electron chi connectivity index (χ2n) is 6.03. The number of nitrogens with zero attached hydrogens (tertiary/aromatic N) is 1. The largest absolute Gasteiger partial charge is 0.462 e. The minimum atomic E-state index is -0.752. The average molecular weight is 291 g/mol. The van der Waals surface area contributed by atoms with Crippen LogP contribution in [0.2, 0.25) is 0 Å². The lowest BCUT2D eigenvalue weighted by Crippen LogP contribution is -2.46. The quantitative estimate of drug-likeness (QED) is 0.786. The Bertz CT molecular complexity index is 480. The molecule has 3 rings (SSSR count). The molecule has 1 aromatic carbocycles. The van der Waals surface area contributed by atoms with Gasteiger partial charge in [0.2, 0.25) is 0 Å². The maximum atomic E-state index is 12.0. The van der Waals surface area contributed by atoms with Crippen molar-refractivity contribution in [3.8, 4) is 0 Å². The Balaban J connectivity index is 1.59. The number of aliphatic hydroxyl groups excluding tert-OH is 2. The second-order valence-corrected chi connectivity index (χ2v) is 6.03. The van der Waals surface area contributed by atoms with Gasteiger partial charge >= 0.3 is 5.97 Å². The van der Waals surface area contributed by atoms with Crippen molar-refractivity contribution in [3.05, 3.63) is 35.9 Å². The predicted octanol–water partition coefficient (Wildman–Crippen LogP) is 0.339. The summed E-state index contributed by atoms with van der Waals surface area (Å²) in [6.07, 6.45) is -0.319. The van der Waals surface area contributed by atoms with Crippen LogP contribution in [0.4, 0.5) is 0 Å². The number of esters is 1. The summed E-state index contributed by atoms with van der Waals surface area (Å²) in [7, 11) is 1.90. The van der Waals surface area contributed by atoms with E-state index in [4.69, 9.17) is 4.74 Å². The normalized spacial score (nSPS) is 35.7. The first-order valence-corrected chi connectivity index (χ1v) is 7.37. The van der Waals surface area contributed by atoms with Gasteiger partial charge in [0.25, 0.3) is 0 Å². The van der Waals surface area contributed by atoms with Gasteiger partial charge in [-0.1, -0.05) is 30.3 Å². The summed E-state index contributed by atoms with van der Waals surface area (Å²) in [5, 5.41) is 20.0. The molecular weight excluding hydrogens is 270 g/mol. The number of fused-ring (bicyclic) bond motifs is 2. The van der Waals surface area contributed by atoms with Crippen LogP contribution in [0.15, 0.2) is 30.3 Å². The summed E-state index contributed by atoms with van der Waals surface area (Å²) in [6, 6.07) is 9.23. The van der Waals surface area contributed by atoms with Crippen LogP contribution in [0.25, 0.3) is 0 Å². The zero-order valence-corrected chi connectivity index (χ0v) is 12.1. The zero-order chi connectivity index (χ0) is 15.0. The van der Waals surface area contributed by atoms with Crippen LogP contribution < -0.4 is 0 Å². The third-order valence-electron chi connectivity index (χ3n) is 4.68. The molecule has 2 aliphatic heterocycles. The van der Waals surface area contributed by atoms with E-state index in [1.807, 2.05) is 42.3 Å². The first kappa shape index (κ1) is 14.5. The number of likely N-dealkylation sites (N-methyl/N-ethyl adjacent to an activating group) is 1. The second kappa shape index (κ2) is 5.75. The molecule has 2 aliphatic rings. The van der Waals surface area contributed by atoms with Gasteiger partial charge in [-0.05, 0) is 12.6 Å². The molecule has 2 fully saturated rings. The number of carbonyl (C=O) groups excluding carboxylic acids is 1. The number of hydrogen-bond donors (Lipinski definition) is 2. The number of hydrogen-bond acceptors (Lipinski definition) is 5. The summed E-state index contributed by atoms with van der Waals surface area (Å²) < 4.78 is 5.53. The van der Waals surface area contributed by atoms with E-state index in [0.29, 0.717) is 12.8 Å². The predicted molar refractivity (Wildman–Crippen MR) is 76.6 cm³/mol. The molecule has 0 spiro atoms. The zero-order valence-electron chi connectivity index (χ0n) is 12.1. The van der Waals surface area contributed by atoms with E-state index < -0.39 is 12.2 Å². The van der Waals surface area contributed by atoms with Gasteiger partial charge in [0, 0.05) is 24.9 Å². The fraction of sp³-hybridized carbons (Fsp3) is 0.562. The summed E-state index contributed by atoms with van der Waals surface area (Å²) in [4.78, 5) is 14.0. The maximum Gasteiger partial charge on any atom is 0.310 e. The summed E-state index contributed by atoms with van der Waals surface area (Å²) >= 11 is 0. The molecule has 5 nitrogen and oxygen atoms in total. The Morgan fingerprint density at radius 1 is 1.19 bits per heavy atom. The van der Waals surface area contributed by atoms with Crippen molar-refractivity contribution in [2.24, 2.45) is 0 Å². The SMILES string of the molecule is CN1[C@@H]2C[C@@H](OC(=O)Cc3ccccc3)C[C@H]1[C@H](O)[C@@H]2O. The first-order valence-electron chi connectivity index (χ1n) is 7.37. The maximum absolute atomic E-state index is 12.0. The van der Waals surface area contributed by atoms with E-state index in [1.54, 1.807) is 0 Å². The van der Waals surface area contributed by atoms with Crippen molar-refractivity contribution < 1.29 is 19.7 Å². The minimum absolute atomic E-state index is 0.131. The minimum Gasteiger partial charge on any atom is -0.462 e. The summed E-state index contributed by atoms with van der Waals surface area (Å²) in [5.74, 6) is -0.251. The molecule has 0 saturated carbocycles. The highest BCUT2D eigenvalue weighted by Gasteiger charge is 2.51. The Kier molecular flexibility index (Phi) is 3.97. The van der Waals surface area contributed by atoms with Gasteiger partial charge in [0.1, 0.15) is 6.10 Å². The van der Waals surface area contributed by atoms with Gasteiger partial charge in [-0.2, -0.15) is 0 Å². The molecule has 2 N–H and O–H groups in total. The molecule has 1 aromatic rings. The number of aliphatic hydroxyl groups is 2. The molecule has 2 bridgehead atoms. The molecule has 0 aliphatic carbocycles. The highest BCUT2D eigenvalue weighted by molar-refractivity contribution is 5.72. The van der Waals surface area contributed by atoms with E-state index in [1.165, 1.54) is 0 Å². The lowest BCUT2D eigenvalue weighted by atomic mass is 10.00. The monoisotopic (exact) mass is 291 g/mol. The molecule has 114 valence electrons. The van der Waals surface area contributed by atoms with Crippen molar-refractivity contribution >= 4 is 5.97 Å². The van der Waals surface area contributed by atoms with Crippen molar-refractivity contribution in [2.45, 2.75) is 49.7 Å². The molecule has 2 saturated heterocycles. The third kappa shape index (κ3) is 2.81. The number of rotatable bonds is 3. The van der Waals surface area contributed by atoms with Gasteiger partial charge in [0.05, 0.1) is 18.6 Å². The Morgan fingerprint density at radius 2 is 1.76 bits per heavy atom. The Labute approximate surface area is 124 Å². The van der Waals surface area contributed by atoms with E-state index in [0.717, 1.165) is 5.56 Å². The van der Waals surface area contributed by atoms with E-state index in [2.05, 4.69) is 0 Å².